The molecule has 0 spiro atoms. The molecule has 15 heavy (non-hydrogen) atoms. The summed E-state index contributed by atoms with van der Waals surface area (Å²) < 4.78 is 26.3. The lowest BCUT2D eigenvalue weighted by atomic mass is 10.6. The van der Waals surface area contributed by atoms with E-state index in [4.69, 9.17) is 31.0 Å². The van der Waals surface area contributed by atoms with Crippen LogP contribution in [0.25, 0.3) is 0 Å². The highest BCUT2D eigenvalue weighted by Gasteiger charge is 2.57. The summed E-state index contributed by atoms with van der Waals surface area (Å²) in [5.74, 6) is 0. The number of rotatable bonds is 6. The Bertz CT molecular complexity index is 273. The van der Waals surface area contributed by atoms with Crippen molar-refractivity contribution in [2.75, 3.05) is 19.8 Å². The molecule has 0 aliphatic carbocycles. The number of nitrogens with two attached hydrogens (primary N) is 2. The Balaban J connectivity index is 4.91. The molecule has 0 aromatic heterocycles. The third-order valence-electron chi connectivity index (χ3n) is 1.59. The lowest BCUT2D eigenvalue weighted by molar-refractivity contribution is 0.119. The maximum Gasteiger partial charge on any atom is 0.360 e. The molecule has 92 valence electrons. The number of hydrogen-bond acceptors (Lipinski definition) is 5. The Morgan fingerprint density at radius 3 is 1.80 bits per heavy atom. The molecule has 0 atom stereocenters. The van der Waals surface area contributed by atoms with Crippen molar-refractivity contribution in [3.05, 3.63) is 0 Å². The average Bonchev–Trinajstić information content (AvgIpc) is 2.00. The zero-order valence-corrected chi connectivity index (χ0v) is 9.47. The van der Waals surface area contributed by atoms with Crippen molar-refractivity contribution in [2.24, 2.45) is 11.5 Å². The van der Waals surface area contributed by atoms with Crippen LogP contribution in [0.4, 0.5) is 0 Å². The van der Waals surface area contributed by atoms with Gasteiger partial charge in [0.1, 0.15) is 0 Å². The fourth-order valence-electron chi connectivity index (χ4n) is 0.644. The minimum atomic E-state index is -5.20. The van der Waals surface area contributed by atoms with Gasteiger partial charge in [-0.25, -0.2) is 0 Å². The van der Waals surface area contributed by atoms with Crippen molar-refractivity contribution in [1.29, 1.82) is 0 Å². The highest BCUT2D eigenvalue weighted by Crippen LogP contribution is 2.65. The smallest absolute Gasteiger partial charge is 0.360 e. The summed E-state index contributed by atoms with van der Waals surface area (Å²) in [5, 5.41) is -3.02. The van der Waals surface area contributed by atoms with E-state index in [9.17, 15) is 9.13 Å². The monoisotopic (exact) mass is 264 g/mol. The van der Waals surface area contributed by atoms with E-state index >= 15 is 0 Å². The second kappa shape index (κ2) is 5.01. The average molecular weight is 264 g/mol. The molecule has 0 saturated carbocycles. The van der Waals surface area contributed by atoms with E-state index in [-0.39, 0.29) is 13.2 Å². The third-order valence-corrected chi connectivity index (χ3v) is 5.42. The van der Waals surface area contributed by atoms with Gasteiger partial charge in [-0.2, -0.15) is 0 Å². The predicted molar refractivity (Wildman–Crippen MR) is 50.9 cm³/mol. The van der Waals surface area contributed by atoms with Gasteiger partial charge < -0.3 is 35.8 Å². The summed E-state index contributed by atoms with van der Waals surface area (Å²) in [5.41, 5.74) is 10.0. The topological polar surface area (TPSA) is 176 Å². The normalized spacial score (nSPS) is 14.3. The van der Waals surface area contributed by atoms with Crippen LogP contribution in [0.15, 0.2) is 0 Å². The molecule has 0 saturated heterocycles. The maximum atomic E-state index is 10.9. The van der Waals surface area contributed by atoms with Crippen LogP contribution in [0.5, 0.6) is 0 Å². The summed E-state index contributed by atoms with van der Waals surface area (Å²) in [6.45, 7) is -1.05. The molecule has 11 heteroatoms. The van der Waals surface area contributed by atoms with Crippen LogP contribution < -0.4 is 11.5 Å². The largest absolute Gasteiger partial charge is 0.377 e. The summed E-state index contributed by atoms with van der Waals surface area (Å²) in [6, 6.07) is 0. The first-order chi connectivity index (χ1) is 6.56. The van der Waals surface area contributed by atoms with Gasteiger partial charge in [-0.1, -0.05) is 0 Å². The van der Waals surface area contributed by atoms with Gasteiger partial charge >= 0.3 is 15.2 Å². The lowest BCUT2D eigenvalue weighted by Gasteiger charge is -2.29. The van der Waals surface area contributed by atoms with E-state index in [0.29, 0.717) is 0 Å². The first kappa shape index (κ1) is 15.2. The van der Waals surface area contributed by atoms with Crippen LogP contribution >= 0.6 is 15.2 Å². The molecular formula is C4H14N2O7P2. The fourth-order valence-corrected chi connectivity index (χ4v) is 2.52. The van der Waals surface area contributed by atoms with Gasteiger partial charge in [-0.3, -0.25) is 9.13 Å². The van der Waals surface area contributed by atoms with Crippen LogP contribution in [0.1, 0.15) is 0 Å². The zero-order valence-electron chi connectivity index (χ0n) is 7.68. The quantitative estimate of drug-likeness (QED) is 0.232. The first-order valence-corrected chi connectivity index (χ1v) is 6.96. The van der Waals surface area contributed by atoms with Crippen molar-refractivity contribution in [1.82, 2.24) is 0 Å². The van der Waals surface area contributed by atoms with Crippen LogP contribution in [-0.4, -0.2) is 44.4 Å². The molecule has 0 fully saturated rings. The van der Waals surface area contributed by atoms with E-state index in [1.54, 1.807) is 0 Å². The van der Waals surface area contributed by atoms with Gasteiger partial charge in [-0.05, 0) is 0 Å². The van der Waals surface area contributed by atoms with E-state index in [1.165, 1.54) is 0 Å². The van der Waals surface area contributed by atoms with E-state index in [0.717, 1.165) is 0 Å². The van der Waals surface area contributed by atoms with Crippen LogP contribution in [0, 0.1) is 0 Å². The highest BCUT2D eigenvalue weighted by molar-refractivity contribution is 7.72. The van der Waals surface area contributed by atoms with Crippen LogP contribution in [-0.2, 0) is 13.9 Å². The molecule has 0 aromatic rings. The Morgan fingerprint density at radius 1 is 1.13 bits per heavy atom. The number of hydrogen-bond donors (Lipinski definition) is 6. The van der Waals surface area contributed by atoms with E-state index < -0.39 is 26.8 Å². The van der Waals surface area contributed by atoms with Gasteiger partial charge in [0.05, 0.1) is 13.2 Å². The summed E-state index contributed by atoms with van der Waals surface area (Å²) in [6.07, 6.45) is 0. The molecule has 0 heterocycles. The Hall–Kier alpha value is 0.180. The van der Waals surface area contributed by atoms with Crippen molar-refractivity contribution in [3.63, 3.8) is 0 Å². The summed E-state index contributed by atoms with van der Waals surface area (Å²) in [4.78, 5) is 35.0. The van der Waals surface area contributed by atoms with Crippen LogP contribution in [0.2, 0.25) is 0 Å². The predicted octanol–water partition coefficient (Wildman–Crippen LogP) is -2.07. The second-order valence-electron chi connectivity index (χ2n) is 2.81. The van der Waals surface area contributed by atoms with Crippen LogP contribution in [0.3, 0.4) is 0 Å². The first-order valence-electron chi connectivity index (χ1n) is 3.74. The standard InChI is InChI=1S/C4H14N2O7P2/c5-1-2-13-3-4(6,14(7,8)9)15(10,11)12/h1-3,5-6H2,(H2,7,8,9)(H2,10,11,12). The van der Waals surface area contributed by atoms with Crippen molar-refractivity contribution < 1.29 is 33.4 Å². The molecule has 0 rings (SSSR count). The van der Waals surface area contributed by atoms with Gasteiger partial charge in [-0.15, -0.1) is 0 Å². The highest BCUT2D eigenvalue weighted by atomic mass is 31.2. The van der Waals surface area contributed by atoms with Gasteiger partial charge in [0.25, 0.3) is 0 Å². The zero-order chi connectivity index (χ0) is 12.3. The molecule has 8 N–H and O–H groups in total. The molecule has 0 amide bonds. The third kappa shape index (κ3) is 3.60. The Morgan fingerprint density at radius 2 is 1.53 bits per heavy atom. The second-order valence-corrected chi connectivity index (χ2v) is 6.93. The number of ether oxygens (including phenoxy) is 1. The molecule has 0 aliphatic heterocycles. The molecule has 0 unspecified atom stereocenters. The van der Waals surface area contributed by atoms with Crippen molar-refractivity contribution in [3.8, 4) is 0 Å². The Labute approximate surface area is 85.7 Å². The van der Waals surface area contributed by atoms with E-state index in [2.05, 4.69) is 4.74 Å². The summed E-state index contributed by atoms with van der Waals surface area (Å²) in [7, 11) is -10.4. The molecule has 0 bridgehead atoms. The molecule has 0 radical (unpaired) electrons. The van der Waals surface area contributed by atoms with Gasteiger partial charge in [0.15, 0.2) is 0 Å². The van der Waals surface area contributed by atoms with E-state index in [1.807, 2.05) is 0 Å². The Kier molecular flexibility index (Phi) is 5.07. The molecular weight excluding hydrogens is 250 g/mol. The maximum absolute atomic E-state index is 10.9. The fraction of sp³-hybridized carbons (Fsp3) is 1.00. The van der Waals surface area contributed by atoms with Gasteiger partial charge in [0, 0.05) is 6.54 Å². The molecule has 0 aliphatic rings. The molecule has 9 nitrogen and oxygen atoms in total. The molecule has 0 aromatic carbocycles. The SMILES string of the molecule is NCCOCC(N)(P(=O)(O)O)P(=O)(O)O. The van der Waals surface area contributed by atoms with Crippen molar-refractivity contribution >= 4 is 15.2 Å². The minimum absolute atomic E-state index is 0.0401. The van der Waals surface area contributed by atoms with Gasteiger partial charge in [0.2, 0.25) is 5.02 Å². The summed E-state index contributed by atoms with van der Waals surface area (Å²) >= 11 is 0. The minimum Gasteiger partial charge on any atom is -0.377 e. The van der Waals surface area contributed by atoms with Crippen molar-refractivity contribution in [2.45, 2.75) is 5.02 Å². The lowest BCUT2D eigenvalue weighted by Crippen LogP contribution is -2.44.